The Morgan fingerprint density at radius 3 is 2.53 bits per heavy atom. The topological polar surface area (TPSA) is 58.4 Å². The monoisotopic (exact) mass is 396 g/mol. The summed E-state index contributed by atoms with van der Waals surface area (Å²) in [5.74, 6) is -0.198. The third kappa shape index (κ3) is 4.10. The lowest BCUT2D eigenvalue weighted by atomic mass is 10.1. The van der Waals surface area contributed by atoms with Crippen LogP contribution >= 0.6 is 0 Å². The summed E-state index contributed by atoms with van der Waals surface area (Å²) in [6.07, 6.45) is 1.69. The van der Waals surface area contributed by atoms with E-state index in [4.69, 9.17) is 0 Å². The number of carbonyl (C=O) groups is 1. The van der Waals surface area contributed by atoms with Gasteiger partial charge in [0.15, 0.2) is 0 Å². The minimum Gasteiger partial charge on any atom is -0.376 e. The van der Waals surface area contributed by atoms with Crippen molar-refractivity contribution < 1.29 is 4.79 Å². The molecule has 1 heterocycles. The molecule has 150 valence electrons. The molecular weight excluding hydrogens is 372 g/mol. The minimum atomic E-state index is -0.198. The van der Waals surface area contributed by atoms with Crippen LogP contribution in [0.4, 0.5) is 5.69 Å². The van der Waals surface area contributed by atoms with Gasteiger partial charge in [0.1, 0.15) is 0 Å². The van der Waals surface area contributed by atoms with Gasteiger partial charge in [-0.3, -0.25) is 4.79 Å². The molecule has 30 heavy (non-hydrogen) atoms. The van der Waals surface area contributed by atoms with Crippen molar-refractivity contribution in [1.29, 1.82) is 0 Å². The molecule has 0 aliphatic rings. The van der Waals surface area contributed by atoms with E-state index in [1.807, 2.05) is 55.5 Å². The van der Waals surface area contributed by atoms with Gasteiger partial charge in [0.2, 0.25) is 0 Å². The quantitative estimate of drug-likeness (QED) is 0.363. The van der Waals surface area contributed by atoms with Gasteiger partial charge < -0.3 is 9.88 Å². The van der Waals surface area contributed by atoms with Crippen molar-refractivity contribution in [2.24, 2.45) is 5.10 Å². The Balaban J connectivity index is 1.40. The minimum absolute atomic E-state index is 0.147. The number of para-hydroxylation sites is 1. The van der Waals surface area contributed by atoms with E-state index in [1.165, 1.54) is 0 Å². The molecule has 0 atom stereocenters. The van der Waals surface area contributed by atoms with Gasteiger partial charge in [-0.25, -0.2) is 5.43 Å². The Hall–Kier alpha value is -3.86. The molecule has 5 heteroatoms. The maximum Gasteiger partial charge on any atom is 0.259 e. The number of nitrogens with one attached hydrogen (secondary N) is 2. The van der Waals surface area contributed by atoms with Crippen molar-refractivity contribution in [2.45, 2.75) is 13.8 Å². The van der Waals surface area contributed by atoms with Crippen molar-refractivity contribution in [3.63, 3.8) is 0 Å². The molecule has 0 saturated carbocycles. The summed E-state index contributed by atoms with van der Waals surface area (Å²) in [6.45, 7) is 4.25. The number of aromatic nitrogens is 1. The number of fused-ring (bicyclic) bond motifs is 1. The molecule has 0 bridgehead atoms. The largest absolute Gasteiger partial charge is 0.376 e. The van der Waals surface area contributed by atoms with Gasteiger partial charge in [0.05, 0.1) is 12.8 Å². The molecule has 0 aliphatic carbocycles. The molecule has 0 fully saturated rings. The summed E-state index contributed by atoms with van der Waals surface area (Å²) >= 11 is 0. The third-order valence-corrected chi connectivity index (χ3v) is 5.11. The van der Waals surface area contributed by atoms with Crippen LogP contribution in [0.2, 0.25) is 0 Å². The molecule has 5 nitrogen and oxygen atoms in total. The zero-order chi connectivity index (χ0) is 20.9. The number of hydrogen-bond donors (Lipinski definition) is 2. The molecular formula is C25H24N4O. The highest BCUT2D eigenvalue weighted by Crippen LogP contribution is 2.22. The van der Waals surface area contributed by atoms with Crippen LogP contribution in [-0.4, -0.2) is 23.2 Å². The number of anilines is 1. The summed E-state index contributed by atoms with van der Waals surface area (Å²) in [6, 6.07) is 26.3. The Morgan fingerprint density at radius 2 is 1.70 bits per heavy atom. The summed E-state index contributed by atoms with van der Waals surface area (Å²) in [5.41, 5.74) is 7.80. The van der Waals surface area contributed by atoms with Crippen molar-refractivity contribution in [1.82, 2.24) is 9.99 Å². The molecule has 4 aromatic rings. The van der Waals surface area contributed by atoms with Gasteiger partial charge in [-0.1, -0.05) is 54.6 Å². The lowest BCUT2D eigenvalue weighted by molar-refractivity contribution is -0.119. The predicted octanol–water partition coefficient (Wildman–Crippen LogP) is 4.81. The molecule has 0 aliphatic heterocycles. The first-order chi connectivity index (χ1) is 14.6. The Labute approximate surface area is 176 Å². The number of nitrogens with zero attached hydrogens (tertiary/aromatic N) is 2. The number of amides is 1. The summed E-state index contributed by atoms with van der Waals surface area (Å²) in [7, 11) is 0. The summed E-state index contributed by atoms with van der Waals surface area (Å²) in [4.78, 5) is 12.2. The number of benzene rings is 3. The molecule has 0 saturated heterocycles. The van der Waals surface area contributed by atoms with E-state index in [0.29, 0.717) is 0 Å². The van der Waals surface area contributed by atoms with Gasteiger partial charge in [0.25, 0.3) is 5.91 Å². The Bertz CT molecular complexity index is 1200. The van der Waals surface area contributed by atoms with Gasteiger partial charge in [-0.05, 0) is 43.5 Å². The van der Waals surface area contributed by atoms with E-state index in [2.05, 4.69) is 57.7 Å². The fourth-order valence-electron chi connectivity index (χ4n) is 3.66. The van der Waals surface area contributed by atoms with Crippen LogP contribution in [0.5, 0.6) is 0 Å². The smallest absolute Gasteiger partial charge is 0.259 e. The highest BCUT2D eigenvalue weighted by Gasteiger charge is 2.09. The van der Waals surface area contributed by atoms with Crippen LogP contribution in [0, 0.1) is 13.8 Å². The van der Waals surface area contributed by atoms with Gasteiger partial charge >= 0.3 is 0 Å². The van der Waals surface area contributed by atoms with E-state index in [9.17, 15) is 4.79 Å². The maximum absolute atomic E-state index is 12.2. The lowest BCUT2D eigenvalue weighted by Crippen LogP contribution is -2.25. The van der Waals surface area contributed by atoms with Crippen molar-refractivity contribution in [3.8, 4) is 5.69 Å². The Morgan fingerprint density at radius 1 is 0.967 bits per heavy atom. The van der Waals surface area contributed by atoms with Gasteiger partial charge in [-0.2, -0.15) is 5.10 Å². The average molecular weight is 396 g/mol. The van der Waals surface area contributed by atoms with Crippen LogP contribution in [0.1, 0.15) is 17.0 Å². The first kappa shape index (κ1) is 19.5. The van der Waals surface area contributed by atoms with Gasteiger partial charge in [0, 0.05) is 33.7 Å². The van der Waals surface area contributed by atoms with Crippen LogP contribution in [0.15, 0.2) is 84.0 Å². The van der Waals surface area contributed by atoms with E-state index >= 15 is 0 Å². The SMILES string of the molecule is Cc1cc(/C=N\NC(=O)CNc2cccc3ccccc23)c(C)n1-c1ccccc1. The second-order valence-electron chi connectivity index (χ2n) is 7.17. The van der Waals surface area contributed by atoms with E-state index in [1.54, 1.807) is 6.21 Å². The van der Waals surface area contributed by atoms with E-state index in [-0.39, 0.29) is 12.5 Å². The highest BCUT2D eigenvalue weighted by molar-refractivity contribution is 5.95. The first-order valence-electron chi connectivity index (χ1n) is 9.91. The second-order valence-corrected chi connectivity index (χ2v) is 7.17. The molecule has 3 aromatic carbocycles. The fourth-order valence-corrected chi connectivity index (χ4v) is 3.66. The van der Waals surface area contributed by atoms with Crippen LogP contribution in [-0.2, 0) is 4.79 Å². The number of hydrogen-bond acceptors (Lipinski definition) is 3. The molecule has 1 aromatic heterocycles. The van der Waals surface area contributed by atoms with Crippen molar-refractivity contribution in [3.05, 3.63) is 95.8 Å². The molecule has 1 amide bonds. The molecule has 0 spiro atoms. The van der Waals surface area contributed by atoms with Gasteiger partial charge in [-0.15, -0.1) is 0 Å². The molecule has 0 radical (unpaired) electrons. The van der Waals surface area contributed by atoms with Crippen LogP contribution in [0.25, 0.3) is 16.5 Å². The standard InChI is InChI=1S/C25H24N4O/c1-18-15-21(19(2)29(18)22-11-4-3-5-12-22)16-27-28-25(30)17-26-24-14-8-10-20-9-6-7-13-23(20)24/h3-16,26H,17H2,1-2H3,(H,28,30)/b27-16-. The molecule has 0 unspecified atom stereocenters. The highest BCUT2D eigenvalue weighted by atomic mass is 16.2. The third-order valence-electron chi connectivity index (χ3n) is 5.11. The first-order valence-corrected chi connectivity index (χ1v) is 9.91. The average Bonchev–Trinajstić information content (AvgIpc) is 3.06. The Kier molecular flexibility index (Phi) is 5.61. The van der Waals surface area contributed by atoms with E-state index in [0.717, 1.165) is 39.1 Å². The normalized spacial score (nSPS) is 11.1. The zero-order valence-corrected chi connectivity index (χ0v) is 17.1. The van der Waals surface area contributed by atoms with Crippen molar-refractivity contribution >= 4 is 28.6 Å². The lowest BCUT2D eigenvalue weighted by Gasteiger charge is -2.09. The summed E-state index contributed by atoms with van der Waals surface area (Å²) in [5, 5.41) is 9.56. The number of rotatable bonds is 6. The van der Waals surface area contributed by atoms with Crippen molar-refractivity contribution in [2.75, 3.05) is 11.9 Å². The predicted molar refractivity (Wildman–Crippen MR) is 123 cm³/mol. The van der Waals surface area contributed by atoms with Crippen LogP contribution in [0.3, 0.4) is 0 Å². The molecule has 4 rings (SSSR count). The number of hydrazone groups is 1. The van der Waals surface area contributed by atoms with Crippen LogP contribution < -0.4 is 10.7 Å². The summed E-state index contributed by atoms with van der Waals surface area (Å²) < 4.78 is 2.17. The molecule has 2 N–H and O–H groups in total. The fraction of sp³-hybridized carbons (Fsp3) is 0.120. The zero-order valence-electron chi connectivity index (χ0n) is 17.1. The van der Waals surface area contributed by atoms with E-state index < -0.39 is 0 Å². The number of carbonyl (C=O) groups excluding carboxylic acids is 1. The second kappa shape index (κ2) is 8.66. The number of aryl methyl sites for hydroxylation is 1. The maximum atomic E-state index is 12.2.